The molecule has 0 aliphatic carbocycles. The van der Waals surface area contributed by atoms with Crippen LogP contribution < -0.4 is 0 Å². The first-order chi connectivity index (χ1) is 8.79. The normalized spacial score (nSPS) is 11.9. The van der Waals surface area contributed by atoms with E-state index in [9.17, 15) is 0 Å². The third-order valence-electron chi connectivity index (χ3n) is 4.14. The van der Waals surface area contributed by atoms with Gasteiger partial charge in [0.2, 0.25) is 0 Å². The number of aromatic nitrogens is 1. The molecule has 104 valence electrons. The molecule has 1 aromatic heterocycles. The maximum absolute atomic E-state index is 2.72. The third-order valence-corrected chi connectivity index (χ3v) is 19.1. The number of unbranched alkanes of at least 4 members (excludes halogenated alkanes) is 3. The zero-order valence-electron chi connectivity index (χ0n) is 12.6. The van der Waals surface area contributed by atoms with E-state index in [-0.39, 0.29) is 0 Å². The van der Waals surface area contributed by atoms with Gasteiger partial charge in [0.25, 0.3) is 0 Å². The van der Waals surface area contributed by atoms with Gasteiger partial charge in [0.05, 0.1) is 0 Å². The van der Waals surface area contributed by atoms with Crippen molar-refractivity contribution in [2.24, 2.45) is 0 Å². The molecule has 0 spiro atoms. The first-order valence-electron chi connectivity index (χ1n) is 7.92. The van der Waals surface area contributed by atoms with E-state index in [1.165, 1.54) is 38.5 Å². The second kappa shape index (κ2) is 9.06. The molecule has 0 aliphatic rings. The summed E-state index contributed by atoms with van der Waals surface area (Å²) in [5.41, 5.74) is 0. The Labute approximate surface area is 118 Å². The molecule has 0 bridgehead atoms. The summed E-state index contributed by atoms with van der Waals surface area (Å²) in [5.74, 6) is 0. The molecule has 0 radical (unpaired) electrons. The first kappa shape index (κ1) is 16.1. The molecule has 1 rings (SSSR count). The molecule has 1 aromatic rings. The van der Waals surface area contributed by atoms with Crippen molar-refractivity contribution in [3.8, 4) is 0 Å². The van der Waals surface area contributed by atoms with Gasteiger partial charge < -0.3 is 0 Å². The van der Waals surface area contributed by atoms with Crippen LogP contribution in [-0.2, 0) is 0 Å². The van der Waals surface area contributed by atoms with Gasteiger partial charge in [-0.1, -0.05) is 0 Å². The van der Waals surface area contributed by atoms with Crippen LogP contribution in [0.3, 0.4) is 0 Å². The van der Waals surface area contributed by atoms with Crippen LogP contribution in [0, 0.1) is 0 Å². The monoisotopic (exact) mass is 357 g/mol. The van der Waals surface area contributed by atoms with Crippen LogP contribution in [-0.4, -0.2) is 21.4 Å². The summed E-state index contributed by atoms with van der Waals surface area (Å²) in [6.45, 7) is 7.02. The average molecular weight is 356 g/mol. The summed E-state index contributed by atoms with van der Waals surface area (Å²) < 4.78 is 7.38. The topological polar surface area (TPSA) is 4.93 Å². The molecule has 0 N–H and O–H groups in total. The molecule has 2 heteroatoms. The maximum atomic E-state index is 2.72. The molecular weight excluding hydrogens is 325 g/mol. The number of rotatable bonds is 10. The fourth-order valence-corrected chi connectivity index (χ4v) is 18.2. The summed E-state index contributed by atoms with van der Waals surface area (Å²) in [5, 5.41) is 0. The Morgan fingerprint density at radius 1 is 0.722 bits per heavy atom. The minimum atomic E-state index is -2.12. The van der Waals surface area contributed by atoms with Gasteiger partial charge in [0.15, 0.2) is 0 Å². The zero-order chi connectivity index (χ0) is 13.3. The first-order valence-corrected chi connectivity index (χ1v) is 15.3. The molecule has 0 saturated carbocycles. The van der Waals surface area contributed by atoms with Crippen molar-refractivity contribution in [2.45, 2.75) is 72.6 Å². The summed E-state index contributed by atoms with van der Waals surface area (Å²) in [7, 11) is 0. The van der Waals surface area contributed by atoms with Gasteiger partial charge in [-0.25, -0.2) is 0 Å². The predicted octanol–water partition coefficient (Wildman–Crippen LogP) is 5.68. The molecule has 0 atom stereocenters. The van der Waals surface area contributed by atoms with Crippen molar-refractivity contribution in [1.82, 2.24) is 2.79 Å². The molecule has 0 amide bonds. The molecule has 0 aliphatic heterocycles. The van der Waals surface area contributed by atoms with Gasteiger partial charge >= 0.3 is 119 Å². The van der Waals surface area contributed by atoms with E-state index in [1.54, 1.807) is 13.3 Å². The molecular formula is C16H31NSn. The summed E-state index contributed by atoms with van der Waals surface area (Å²) in [6, 6.07) is 4.46. The van der Waals surface area contributed by atoms with Crippen LogP contribution in [0.2, 0.25) is 13.3 Å². The average Bonchev–Trinajstić information content (AvgIpc) is 2.93. The van der Waals surface area contributed by atoms with E-state index in [0.717, 1.165) is 0 Å². The van der Waals surface area contributed by atoms with Crippen molar-refractivity contribution in [1.29, 1.82) is 0 Å². The molecule has 18 heavy (non-hydrogen) atoms. The van der Waals surface area contributed by atoms with E-state index in [4.69, 9.17) is 0 Å². The Balaban J connectivity index is 2.84. The van der Waals surface area contributed by atoms with E-state index < -0.39 is 18.7 Å². The van der Waals surface area contributed by atoms with Crippen molar-refractivity contribution in [3.05, 3.63) is 24.5 Å². The quantitative estimate of drug-likeness (QED) is 0.475. The van der Waals surface area contributed by atoms with Crippen LogP contribution in [0.15, 0.2) is 24.5 Å². The van der Waals surface area contributed by atoms with Crippen molar-refractivity contribution >= 4 is 18.7 Å². The number of nitrogens with zero attached hydrogens (tertiary/aromatic N) is 1. The SMILES string of the molecule is CCC[CH2][Sn]([CH2]CCC)([CH2]CCC)[n]1cccc1. The third kappa shape index (κ3) is 4.64. The molecule has 1 heterocycles. The molecule has 0 saturated heterocycles. The number of hydrogen-bond acceptors (Lipinski definition) is 0. The molecule has 0 aromatic carbocycles. The van der Waals surface area contributed by atoms with E-state index in [2.05, 4.69) is 48.1 Å². The second-order valence-electron chi connectivity index (χ2n) is 5.63. The van der Waals surface area contributed by atoms with Gasteiger partial charge in [-0.05, 0) is 0 Å². The number of hydrogen-bond donors (Lipinski definition) is 0. The minimum absolute atomic E-state index is 1.36. The van der Waals surface area contributed by atoms with Crippen LogP contribution in [0.4, 0.5) is 0 Å². The van der Waals surface area contributed by atoms with Gasteiger partial charge in [-0.3, -0.25) is 0 Å². The Morgan fingerprint density at radius 2 is 1.11 bits per heavy atom. The van der Waals surface area contributed by atoms with Crippen LogP contribution >= 0.6 is 0 Å². The summed E-state index contributed by atoms with van der Waals surface area (Å²) in [6.07, 6.45) is 13.2. The summed E-state index contributed by atoms with van der Waals surface area (Å²) in [4.78, 5) is 0. The Bertz CT molecular complexity index is 270. The molecule has 0 fully saturated rings. The van der Waals surface area contributed by atoms with Crippen LogP contribution in [0.25, 0.3) is 0 Å². The van der Waals surface area contributed by atoms with Gasteiger partial charge in [-0.15, -0.1) is 0 Å². The molecule has 1 nitrogen and oxygen atoms in total. The Hall–Kier alpha value is 0.0787. The Morgan fingerprint density at radius 3 is 1.44 bits per heavy atom. The van der Waals surface area contributed by atoms with Crippen LogP contribution in [0.5, 0.6) is 0 Å². The standard InChI is InChI=1S/C4H4N.3C4H9.Sn/c1-2-4-5-3-1;3*1-3-4-2;/h1-4H;3*1,3-4H2,2H3;/q-1;;;;+1. The van der Waals surface area contributed by atoms with Gasteiger partial charge in [-0.2, -0.15) is 0 Å². The van der Waals surface area contributed by atoms with Crippen molar-refractivity contribution in [3.63, 3.8) is 0 Å². The van der Waals surface area contributed by atoms with E-state index in [1.807, 2.05) is 0 Å². The van der Waals surface area contributed by atoms with Gasteiger partial charge in [0.1, 0.15) is 0 Å². The van der Waals surface area contributed by atoms with Crippen molar-refractivity contribution in [2.75, 3.05) is 0 Å². The van der Waals surface area contributed by atoms with Crippen molar-refractivity contribution < 1.29 is 0 Å². The van der Waals surface area contributed by atoms with Crippen LogP contribution in [0.1, 0.15) is 59.3 Å². The fourth-order valence-electron chi connectivity index (χ4n) is 2.93. The van der Waals surface area contributed by atoms with Gasteiger partial charge in [0, 0.05) is 0 Å². The Kier molecular flexibility index (Phi) is 8.12. The summed E-state index contributed by atoms with van der Waals surface area (Å²) >= 11 is -2.12. The zero-order valence-corrected chi connectivity index (χ0v) is 15.5. The fraction of sp³-hybridized carbons (Fsp3) is 0.750. The predicted molar refractivity (Wildman–Crippen MR) is 84.7 cm³/mol. The molecule has 0 unspecified atom stereocenters. The van der Waals surface area contributed by atoms with E-state index in [0.29, 0.717) is 0 Å². The second-order valence-corrected chi connectivity index (χ2v) is 18.4. The van der Waals surface area contributed by atoms with E-state index >= 15 is 0 Å².